The number of aromatic nitrogens is 1. The van der Waals surface area contributed by atoms with Gasteiger partial charge in [0.1, 0.15) is 5.88 Å². The lowest BCUT2D eigenvalue weighted by atomic mass is 10.1. The first kappa shape index (κ1) is 13.1. The van der Waals surface area contributed by atoms with E-state index in [1.807, 2.05) is 0 Å². The molecule has 1 aromatic carbocycles. The minimum atomic E-state index is -0.229. The molecule has 1 aromatic heterocycles. The molecular formula is C13H13ClN2OS. The quantitative estimate of drug-likeness (QED) is 0.874. The lowest BCUT2D eigenvalue weighted by molar-refractivity contribution is -0.113. The second kappa shape index (κ2) is 5.98. The van der Waals surface area contributed by atoms with Crippen molar-refractivity contribution < 1.29 is 4.79 Å². The highest BCUT2D eigenvalue weighted by molar-refractivity contribution is 7.15. The number of rotatable bonds is 4. The summed E-state index contributed by atoms with van der Waals surface area (Å²) in [5.41, 5.74) is 2.48. The van der Waals surface area contributed by atoms with Crippen LogP contribution >= 0.6 is 22.9 Å². The van der Waals surface area contributed by atoms with Gasteiger partial charge in [0.25, 0.3) is 0 Å². The van der Waals surface area contributed by atoms with Crippen LogP contribution in [0.25, 0.3) is 0 Å². The highest BCUT2D eigenvalue weighted by atomic mass is 35.5. The molecule has 0 fully saturated rings. The van der Waals surface area contributed by atoms with E-state index in [4.69, 9.17) is 11.6 Å². The molecular weight excluding hydrogens is 268 g/mol. The van der Waals surface area contributed by atoms with Crippen molar-refractivity contribution in [2.75, 3.05) is 11.2 Å². The molecule has 1 heterocycles. The second-order valence-electron chi connectivity index (χ2n) is 3.98. The van der Waals surface area contributed by atoms with Crippen LogP contribution in [0.5, 0.6) is 0 Å². The Morgan fingerprint density at radius 3 is 2.78 bits per heavy atom. The number of hydrogen-bond donors (Lipinski definition) is 1. The lowest BCUT2D eigenvalue weighted by Crippen LogP contribution is -2.11. The Morgan fingerprint density at radius 1 is 1.39 bits per heavy atom. The van der Waals surface area contributed by atoms with Crippen molar-refractivity contribution in [1.82, 2.24) is 4.98 Å². The van der Waals surface area contributed by atoms with E-state index < -0.39 is 0 Å². The summed E-state index contributed by atoms with van der Waals surface area (Å²) in [4.78, 5) is 16.4. The van der Waals surface area contributed by atoms with E-state index in [9.17, 15) is 4.79 Å². The Hall–Kier alpha value is -1.39. The number of carbonyl (C=O) groups is 1. The zero-order valence-corrected chi connectivity index (χ0v) is 11.5. The van der Waals surface area contributed by atoms with Gasteiger partial charge in [-0.1, -0.05) is 29.8 Å². The van der Waals surface area contributed by atoms with Crippen LogP contribution in [0, 0.1) is 6.92 Å². The van der Waals surface area contributed by atoms with Gasteiger partial charge in [0.15, 0.2) is 5.13 Å². The van der Waals surface area contributed by atoms with Gasteiger partial charge in [0, 0.05) is 17.5 Å². The van der Waals surface area contributed by atoms with Crippen molar-refractivity contribution in [3.8, 4) is 0 Å². The van der Waals surface area contributed by atoms with E-state index in [1.54, 1.807) is 6.20 Å². The van der Waals surface area contributed by atoms with Gasteiger partial charge in [-0.3, -0.25) is 4.79 Å². The summed E-state index contributed by atoms with van der Waals surface area (Å²) < 4.78 is 0. The smallest absolute Gasteiger partial charge is 0.241 e. The average Bonchev–Trinajstić information content (AvgIpc) is 2.79. The molecule has 94 valence electrons. The molecule has 2 rings (SSSR count). The number of benzene rings is 1. The van der Waals surface area contributed by atoms with Crippen molar-refractivity contribution in [3.63, 3.8) is 0 Å². The fourth-order valence-electron chi connectivity index (χ4n) is 1.51. The Bertz CT molecular complexity index is 536. The first-order valence-electron chi connectivity index (χ1n) is 5.53. The molecule has 0 aliphatic rings. The van der Waals surface area contributed by atoms with E-state index >= 15 is 0 Å². The van der Waals surface area contributed by atoms with Crippen LogP contribution in [-0.4, -0.2) is 16.8 Å². The Labute approximate surface area is 115 Å². The molecule has 0 unspecified atom stereocenters. The van der Waals surface area contributed by atoms with Crippen LogP contribution in [-0.2, 0) is 11.2 Å². The molecule has 0 aliphatic carbocycles. The standard InChI is InChI=1S/C13H13ClN2OS/c1-9-2-4-10(5-3-9)6-11-8-15-13(18-11)16-12(17)7-14/h2-5,8H,6-7H2,1H3,(H,15,16,17). The van der Waals surface area contributed by atoms with Crippen molar-refractivity contribution in [2.24, 2.45) is 0 Å². The summed E-state index contributed by atoms with van der Waals surface area (Å²) in [6.07, 6.45) is 2.61. The third kappa shape index (κ3) is 3.55. The van der Waals surface area contributed by atoms with Crippen LogP contribution in [0.4, 0.5) is 5.13 Å². The van der Waals surface area contributed by atoms with Crippen LogP contribution in [0.1, 0.15) is 16.0 Å². The summed E-state index contributed by atoms with van der Waals surface area (Å²) in [5.74, 6) is -0.278. The summed E-state index contributed by atoms with van der Waals surface area (Å²) in [6.45, 7) is 2.07. The molecule has 0 saturated carbocycles. The maximum Gasteiger partial charge on any atom is 0.241 e. The third-order valence-corrected chi connectivity index (χ3v) is 3.58. The Balaban J connectivity index is 2.02. The van der Waals surface area contributed by atoms with Crippen LogP contribution < -0.4 is 5.32 Å². The number of nitrogens with one attached hydrogen (secondary N) is 1. The van der Waals surface area contributed by atoms with Gasteiger partial charge in [-0.25, -0.2) is 4.98 Å². The first-order valence-corrected chi connectivity index (χ1v) is 6.88. The second-order valence-corrected chi connectivity index (χ2v) is 5.36. The fourth-order valence-corrected chi connectivity index (χ4v) is 2.44. The minimum absolute atomic E-state index is 0.0487. The largest absolute Gasteiger partial charge is 0.301 e. The molecule has 3 nitrogen and oxygen atoms in total. The van der Waals surface area contributed by atoms with Gasteiger partial charge in [-0.2, -0.15) is 0 Å². The monoisotopic (exact) mass is 280 g/mol. The number of carbonyl (C=O) groups excluding carboxylic acids is 1. The predicted molar refractivity (Wildman–Crippen MR) is 75.4 cm³/mol. The summed E-state index contributed by atoms with van der Waals surface area (Å²) >= 11 is 6.89. The number of aryl methyl sites for hydroxylation is 1. The van der Waals surface area contributed by atoms with E-state index in [0.717, 1.165) is 11.3 Å². The highest BCUT2D eigenvalue weighted by Gasteiger charge is 2.06. The zero-order valence-electron chi connectivity index (χ0n) is 9.94. The van der Waals surface area contributed by atoms with Crippen LogP contribution in [0.3, 0.4) is 0 Å². The van der Waals surface area contributed by atoms with E-state index in [0.29, 0.717) is 5.13 Å². The number of halogens is 1. The third-order valence-electron chi connectivity index (χ3n) is 2.42. The maximum atomic E-state index is 11.1. The molecule has 1 N–H and O–H groups in total. The Morgan fingerprint density at radius 2 is 2.11 bits per heavy atom. The average molecular weight is 281 g/mol. The first-order chi connectivity index (χ1) is 8.67. The molecule has 2 aromatic rings. The molecule has 0 spiro atoms. The van der Waals surface area contributed by atoms with E-state index in [1.165, 1.54) is 22.5 Å². The molecule has 0 saturated heterocycles. The number of anilines is 1. The zero-order chi connectivity index (χ0) is 13.0. The maximum absolute atomic E-state index is 11.1. The highest BCUT2D eigenvalue weighted by Crippen LogP contribution is 2.21. The van der Waals surface area contributed by atoms with Gasteiger partial charge in [0.05, 0.1) is 0 Å². The summed E-state index contributed by atoms with van der Waals surface area (Å²) in [5, 5.41) is 3.24. The van der Waals surface area contributed by atoms with Crippen molar-refractivity contribution in [1.29, 1.82) is 0 Å². The van der Waals surface area contributed by atoms with Crippen molar-refractivity contribution in [3.05, 3.63) is 46.5 Å². The SMILES string of the molecule is Cc1ccc(Cc2cnc(NC(=O)CCl)s2)cc1. The number of nitrogens with zero attached hydrogens (tertiary/aromatic N) is 1. The molecule has 0 atom stereocenters. The van der Waals surface area contributed by atoms with Crippen LogP contribution in [0.2, 0.25) is 0 Å². The molecule has 1 amide bonds. The number of alkyl halides is 1. The molecule has 18 heavy (non-hydrogen) atoms. The topological polar surface area (TPSA) is 42.0 Å². The normalized spacial score (nSPS) is 10.3. The van der Waals surface area contributed by atoms with Gasteiger partial charge < -0.3 is 5.32 Å². The molecule has 0 radical (unpaired) electrons. The predicted octanol–water partition coefficient (Wildman–Crippen LogP) is 3.22. The number of hydrogen-bond acceptors (Lipinski definition) is 3. The molecule has 5 heteroatoms. The summed E-state index contributed by atoms with van der Waals surface area (Å²) in [7, 11) is 0. The van der Waals surface area contributed by atoms with E-state index in [2.05, 4.69) is 41.5 Å². The fraction of sp³-hybridized carbons (Fsp3) is 0.231. The van der Waals surface area contributed by atoms with Crippen molar-refractivity contribution in [2.45, 2.75) is 13.3 Å². The molecule has 0 bridgehead atoms. The van der Waals surface area contributed by atoms with Gasteiger partial charge in [0.2, 0.25) is 5.91 Å². The number of amides is 1. The van der Waals surface area contributed by atoms with Crippen LogP contribution in [0.15, 0.2) is 30.5 Å². The number of thiazole rings is 1. The minimum Gasteiger partial charge on any atom is -0.301 e. The van der Waals surface area contributed by atoms with Gasteiger partial charge in [-0.15, -0.1) is 22.9 Å². The molecule has 0 aliphatic heterocycles. The van der Waals surface area contributed by atoms with Gasteiger partial charge >= 0.3 is 0 Å². The lowest BCUT2D eigenvalue weighted by Gasteiger charge is -1.99. The van der Waals surface area contributed by atoms with Crippen molar-refractivity contribution >= 4 is 34.0 Å². The Kier molecular flexibility index (Phi) is 4.33. The van der Waals surface area contributed by atoms with E-state index in [-0.39, 0.29) is 11.8 Å². The summed E-state index contributed by atoms with van der Waals surface area (Å²) in [6, 6.07) is 8.39. The van der Waals surface area contributed by atoms with Gasteiger partial charge in [-0.05, 0) is 12.5 Å².